The topological polar surface area (TPSA) is 105 Å². The smallest absolute Gasteiger partial charge is 0.416 e. The SMILES string of the molecule is C.CC.CC.CC(C)(C)OC(=O)N1CC=C(c2cc(C(F)(F)F)ccc2-c2cccc3c2CCN(S(=O)(=O)Nc2ncns2)C3)CC1. The number of carbonyl (C=O) groups excluding carboxylic acids is 1. The largest absolute Gasteiger partial charge is 0.444 e. The summed E-state index contributed by atoms with van der Waals surface area (Å²) in [5, 5.41) is 0.162. The van der Waals surface area contributed by atoms with Crippen molar-refractivity contribution < 1.29 is 31.1 Å². The standard InChI is InChI=1S/C28H30F3N5O4S2.2C2H6.CH4/c1-27(2,3)40-26(37)35-12-9-18(10-13-35)24-15-20(28(29,30)31)7-8-23(24)22-6-4-5-19-16-36(14-11-21(19)22)42(38,39)34-25-32-17-33-41-25;2*1-2;/h4-9,15,17H,10-14,16H2,1-3H3,(H,32,33,34);2*1-2H3;1H4. The first-order chi connectivity index (χ1) is 21.7. The number of alkyl halides is 3. The Bertz CT molecular complexity index is 1620. The molecule has 260 valence electrons. The van der Waals surface area contributed by atoms with E-state index in [-0.39, 0.29) is 32.2 Å². The van der Waals surface area contributed by atoms with Crippen LogP contribution in [-0.2, 0) is 34.1 Å². The summed E-state index contributed by atoms with van der Waals surface area (Å²) in [5.74, 6) is 0. The molecular weight excluding hydrogens is 652 g/mol. The zero-order valence-corrected chi connectivity index (χ0v) is 28.9. The molecule has 2 aliphatic heterocycles. The minimum absolute atomic E-state index is 0. The molecule has 1 aromatic heterocycles. The van der Waals surface area contributed by atoms with Crippen molar-refractivity contribution >= 4 is 38.5 Å². The second-order valence-corrected chi connectivity index (χ2v) is 13.5. The number of rotatable bonds is 5. The summed E-state index contributed by atoms with van der Waals surface area (Å²) in [6, 6.07) is 9.17. The van der Waals surface area contributed by atoms with Gasteiger partial charge in [-0.2, -0.15) is 30.3 Å². The number of nitrogens with one attached hydrogen (secondary N) is 1. The fraction of sp³-hybridized carbons (Fsp3) is 0.485. The fourth-order valence-corrected chi connectivity index (χ4v) is 6.86. The Balaban J connectivity index is 0.00000148. The summed E-state index contributed by atoms with van der Waals surface area (Å²) < 4.78 is 80.3. The van der Waals surface area contributed by atoms with E-state index in [4.69, 9.17) is 4.74 Å². The molecule has 2 aliphatic rings. The van der Waals surface area contributed by atoms with E-state index in [0.717, 1.165) is 40.4 Å². The summed E-state index contributed by atoms with van der Waals surface area (Å²) in [4.78, 5) is 17.9. The van der Waals surface area contributed by atoms with Gasteiger partial charge in [0, 0.05) is 37.7 Å². The van der Waals surface area contributed by atoms with E-state index in [1.54, 1.807) is 32.9 Å². The first-order valence-corrected chi connectivity index (χ1v) is 17.5. The lowest BCUT2D eigenvalue weighted by atomic mass is 9.85. The molecule has 14 heteroatoms. The monoisotopic (exact) mass is 697 g/mol. The summed E-state index contributed by atoms with van der Waals surface area (Å²) in [5.41, 5.74) is 2.74. The first kappa shape index (κ1) is 39.7. The lowest BCUT2D eigenvalue weighted by Crippen LogP contribution is -2.39. The molecular formula is C33H46F3N5O4S2. The molecule has 0 spiro atoms. The Morgan fingerprint density at radius 2 is 1.68 bits per heavy atom. The Morgan fingerprint density at radius 1 is 0.979 bits per heavy atom. The van der Waals surface area contributed by atoms with Crippen LogP contribution in [0.3, 0.4) is 0 Å². The highest BCUT2D eigenvalue weighted by Gasteiger charge is 2.33. The molecule has 0 radical (unpaired) electrons. The number of amides is 1. The van der Waals surface area contributed by atoms with E-state index in [0.29, 0.717) is 36.1 Å². The maximum atomic E-state index is 13.8. The summed E-state index contributed by atoms with van der Waals surface area (Å²) in [6.07, 6.45) is -1.25. The Labute approximate surface area is 281 Å². The molecule has 2 aromatic carbocycles. The molecule has 9 nitrogen and oxygen atoms in total. The Morgan fingerprint density at radius 3 is 2.26 bits per heavy atom. The predicted molar refractivity (Wildman–Crippen MR) is 183 cm³/mol. The molecule has 0 aliphatic carbocycles. The van der Waals surface area contributed by atoms with Crippen LogP contribution in [0.2, 0.25) is 0 Å². The van der Waals surface area contributed by atoms with Crippen LogP contribution in [-0.4, -0.2) is 58.3 Å². The number of anilines is 1. The third kappa shape index (κ3) is 10.0. The van der Waals surface area contributed by atoms with Crippen LogP contribution in [0.4, 0.5) is 23.1 Å². The second-order valence-electron chi connectivity index (χ2n) is 11.0. The van der Waals surface area contributed by atoms with Crippen molar-refractivity contribution in [2.45, 2.75) is 87.1 Å². The maximum Gasteiger partial charge on any atom is 0.416 e. The maximum absolute atomic E-state index is 13.8. The van der Waals surface area contributed by atoms with E-state index >= 15 is 0 Å². The highest BCUT2D eigenvalue weighted by molar-refractivity contribution is 7.90. The van der Waals surface area contributed by atoms with Gasteiger partial charge in [-0.25, -0.2) is 14.5 Å². The quantitative estimate of drug-likeness (QED) is 0.286. The zero-order valence-electron chi connectivity index (χ0n) is 27.2. The van der Waals surface area contributed by atoms with Crippen molar-refractivity contribution in [3.8, 4) is 11.1 Å². The molecule has 0 saturated heterocycles. The van der Waals surface area contributed by atoms with Crippen LogP contribution >= 0.6 is 11.5 Å². The minimum Gasteiger partial charge on any atom is -0.444 e. The second kappa shape index (κ2) is 16.6. The van der Waals surface area contributed by atoms with E-state index < -0.39 is 33.6 Å². The molecule has 5 rings (SSSR count). The number of hydrogen-bond donors (Lipinski definition) is 1. The number of aromatic nitrogens is 2. The van der Waals surface area contributed by atoms with Gasteiger partial charge in [0.05, 0.1) is 5.56 Å². The van der Waals surface area contributed by atoms with Crippen molar-refractivity contribution in [2.75, 3.05) is 24.4 Å². The van der Waals surface area contributed by atoms with Gasteiger partial charge in [0.25, 0.3) is 0 Å². The molecule has 1 amide bonds. The first-order valence-electron chi connectivity index (χ1n) is 15.3. The highest BCUT2D eigenvalue weighted by atomic mass is 32.2. The van der Waals surface area contributed by atoms with Crippen LogP contribution < -0.4 is 4.72 Å². The van der Waals surface area contributed by atoms with Gasteiger partial charge in [0.1, 0.15) is 11.9 Å². The van der Waals surface area contributed by atoms with Gasteiger partial charge in [0.15, 0.2) is 0 Å². The molecule has 0 saturated carbocycles. The van der Waals surface area contributed by atoms with Crippen LogP contribution in [0.25, 0.3) is 16.7 Å². The Hall–Kier alpha value is -3.49. The minimum atomic E-state index is -4.53. The summed E-state index contributed by atoms with van der Waals surface area (Å²) in [7, 11) is -3.88. The number of hydrogen-bond acceptors (Lipinski definition) is 7. The lowest BCUT2D eigenvalue weighted by molar-refractivity contribution is -0.137. The number of fused-ring (bicyclic) bond motifs is 1. The molecule has 0 bridgehead atoms. The van der Waals surface area contributed by atoms with E-state index in [2.05, 4.69) is 14.1 Å². The van der Waals surface area contributed by atoms with Gasteiger partial charge in [0.2, 0.25) is 5.13 Å². The third-order valence-corrected chi connectivity index (χ3v) is 9.14. The van der Waals surface area contributed by atoms with Gasteiger partial charge < -0.3 is 9.64 Å². The number of halogens is 3. The molecule has 1 N–H and O–H groups in total. The van der Waals surface area contributed by atoms with Gasteiger partial charge >= 0.3 is 22.5 Å². The fourth-order valence-electron chi connectivity index (χ4n) is 5.06. The van der Waals surface area contributed by atoms with Crippen LogP contribution in [0, 0.1) is 0 Å². The predicted octanol–water partition coefficient (Wildman–Crippen LogP) is 8.65. The van der Waals surface area contributed by atoms with Crippen molar-refractivity contribution in [1.29, 1.82) is 0 Å². The Kier molecular flexibility index (Phi) is 14.0. The number of benzene rings is 2. The average molecular weight is 698 g/mol. The van der Waals surface area contributed by atoms with Crippen molar-refractivity contribution in [3.05, 3.63) is 71.1 Å². The molecule has 0 unspecified atom stereocenters. The number of nitrogens with zero attached hydrogens (tertiary/aromatic N) is 4. The summed E-state index contributed by atoms with van der Waals surface area (Å²) >= 11 is 0.929. The number of carbonyl (C=O) groups is 1. The van der Waals surface area contributed by atoms with Crippen molar-refractivity contribution in [3.63, 3.8) is 0 Å². The molecule has 47 heavy (non-hydrogen) atoms. The molecule has 0 fully saturated rings. The molecule has 0 atom stereocenters. The van der Waals surface area contributed by atoms with Crippen LogP contribution in [0.15, 0.2) is 48.8 Å². The van der Waals surface area contributed by atoms with Crippen LogP contribution in [0.5, 0.6) is 0 Å². The number of ether oxygens (including phenoxy) is 1. The van der Waals surface area contributed by atoms with Gasteiger partial charge in [-0.15, -0.1) is 0 Å². The average Bonchev–Trinajstić information content (AvgIpc) is 3.53. The third-order valence-electron chi connectivity index (χ3n) is 6.99. The molecule has 3 aromatic rings. The van der Waals surface area contributed by atoms with E-state index in [9.17, 15) is 26.4 Å². The lowest BCUT2D eigenvalue weighted by Gasteiger charge is -2.31. The highest BCUT2D eigenvalue weighted by Crippen LogP contribution is 2.40. The normalized spacial score (nSPS) is 15.0. The zero-order chi connectivity index (χ0) is 34.3. The van der Waals surface area contributed by atoms with Crippen LogP contribution in [0.1, 0.15) is 84.6 Å². The summed E-state index contributed by atoms with van der Waals surface area (Å²) in [6.45, 7) is 14.1. The van der Waals surface area contributed by atoms with Gasteiger partial charge in [-0.1, -0.05) is 65.5 Å². The van der Waals surface area contributed by atoms with Crippen molar-refractivity contribution in [2.24, 2.45) is 0 Å². The van der Waals surface area contributed by atoms with Gasteiger partial charge in [-0.3, -0.25) is 0 Å². The van der Waals surface area contributed by atoms with Gasteiger partial charge in [-0.05, 0) is 79.1 Å². The van der Waals surface area contributed by atoms with E-state index in [1.165, 1.54) is 21.6 Å². The molecule has 3 heterocycles. The van der Waals surface area contributed by atoms with E-state index in [1.807, 2.05) is 39.8 Å². The van der Waals surface area contributed by atoms with Crippen molar-refractivity contribution in [1.82, 2.24) is 18.6 Å².